The summed E-state index contributed by atoms with van der Waals surface area (Å²) in [6.07, 6.45) is 0. The van der Waals surface area contributed by atoms with Crippen molar-refractivity contribution < 1.29 is 3.10 Å². The Morgan fingerprint density at radius 2 is 1.27 bits per heavy atom. The first kappa shape index (κ1) is 23.6. The van der Waals surface area contributed by atoms with Gasteiger partial charge in [0.25, 0.3) is 0 Å². The Bertz CT molecular complexity index is 838. The molecule has 0 N–H and O–H groups in total. The van der Waals surface area contributed by atoms with Crippen molar-refractivity contribution in [1.29, 1.82) is 0 Å². The summed E-state index contributed by atoms with van der Waals surface area (Å²) >= 11 is -2.73. The van der Waals surface area contributed by atoms with Gasteiger partial charge < -0.3 is 0 Å². The van der Waals surface area contributed by atoms with E-state index in [9.17, 15) is 0 Å². The third kappa shape index (κ3) is 4.89. The summed E-state index contributed by atoms with van der Waals surface area (Å²) in [5.41, 5.74) is 5.89. The van der Waals surface area contributed by atoms with Gasteiger partial charge in [0, 0.05) is 0 Å². The van der Waals surface area contributed by atoms with E-state index in [0.29, 0.717) is 15.8 Å². The van der Waals surface area contributed by atoms with Gasteiger partial charge in [-0.15, -0.1) is 0 Å². The van der Waals surface area contributed by atoms with Crippen LogP contribution in [0.2, 0.25) is 32.5 Å². The van der Waals surface area contributed by atoms with E-state index >= 15 is 0 Å². The molecule has 1 heterocycles. The zero-order chi connectivity index (χ0) is 22.0. The summed E-state index contributed by atoms with van der Waals surface area (Å²) in [5.74, 6) is 5.21. The molecule has 1 atom stereocenters. The van der Waals surface area contributed by atoms with Crippen molar-refractivity contribution in [3.05, 3.63) is 71.8 Å². The topological polar surface area (TPSA) is 9.23 Å². The molecule has 0 aromatic heterocycles. The predicted octanol–water partition coefficient (Wildman–Crippen LogP) is 7.47. The first-order valence-corrected chi connectivity index (χ1v) is 20.3. The molecule has 1 nitrogen and oxygen atoms in total. The van der Waals surface area contributed by atoms with Gasteiger partial charge in [0.2, 0.25) is 0 Å². The van der Waals surface area contributed by atoms with E-state index in [0.717, 1.165) is 0 Å². The van der Waals surface area contributed by atoms with E-state index in [2.05, 4.69) is 119 Å². The fraction of sp³-hybridized carbons (Fsp3) is 0.481. The van der Waals surface area contributed by atoms with E-state index < -0.39 is 32.3 Å². The molecule has 1 aliphatic heterocycles. The van der Waals surface area contributed by atoms with Crippen molar-refractivity contribution in [3.8, 4) is 11.5 Å². The van der Waals surface area contributed by atoms with E-state index in [1.807, 2.05) is 0 Å². The quantitative estimate of drug-likeness (QED) is 0.276. The van der Waals surface area contributed by atoms with Crippen LogP contribution in [0.4, 0.5) is 0 Å². The second-order valence-corrected chi connectivity index (χ2v) is 23.9. The molecule has 1 fully saturated rings. The van der Waals surface area contributed by atoms with Gasteiger partial charge in [-0.1, -0.05) is 0 Å². The average Bonchev–Trinajstić information content (AvgIpc) is 2.65. The van der Waals surface area contributed by atoms with Crippen LogP contribution in [0.3, 0.4) is 0 Å². The Morgan fingerprint density at radius 3 is 1.63 bits per heavy atom. The molecule has 0 amide bonds. The monoisotopic (exact) mass is 536 g/mol. The van der Waals surface area contributed by atoms with Crippen molar-refractivity contribution in [2.75, 3.05) is 0 Å². The summed E-state index contributed by atoms with van der Waals surface area (Å²) in [6, 6.07) is 21.7. The van der Waals surface area contributed by atoms with Crippen molar-refractivity contribution in [3.63, 3.8) is 0 Å². The molecule has 0 spiro atoms. The summed E-state index contributed by atoms with van der Waals surface area (Å²) < 4.78 is 10.2. The second-order valence-electron chi connectivity index (χ2n) is 10.4. The van der Waals surface area contributed by atoms with Crippen molar-refractivity contribution in [2.24, 2.45) is 11.8 Å². The zero-order valence-corrected chi connectivity index (χ0v) is 23.1. The fourth-order valence-electron chi connectivity index (χ4n) is 4.50. The van der Waals surface area contributed by atoms with Crippen molar-refractivity contribution in [2.45, 2.75) is 65.8 Å². The third-order valence-electron chi connectivity index (χ3n) is 5.31. The predicted molar refractivity (Wildman–Crippen MR) is 135 cm³/mol. The van der Waals surface area contributed by atoms with Crippen LogP contribution < -0.4 is 0 Å². The summed E-state index contributed by atoms with van der Waals surface area (Å²) in [6.45, 7) is 16.5. The van der Waals surface area contributed by atoms with E-state index in [1.54, 1.807) is 0 Å². The molecule has 0 bridgehead atoms. The van der Waals surface area contributed by atoms with Crippen LogP contribution in [0.15, 0.2) is 60.7 Å². The number of hydrogen-bond donors (Lipinski definition) is 0. The van der Waals surface area contributed by atoms with Gasteiger partial charge in [0.05, 0.1) is 0 Å². The van der Waals surface area contributed by atoms with Crippen LogP contribution >= 0.6 is 0 Å². The molecule has 1 saturated heterocycles. The van der Waals surface area contributed by atoms with Crippen LogP contribution in [0.25, 0.3) is 0 Å². The average molecular weight is 534 g/mol. The van der Waals surface area contributed by atoms with Gasteiger partial charge in [0.1, 0.15) is 0 Å². The Balaban J connectivity index is 2.23. The van der Waals surface area contributed by atoms with Gasteiger partial charge in [-0.25, -0.2) is 0 Å². The summed E-state index contributed by atoms with van der Waals surface area (Å²) in [5, 5.41) is 0. The van der Waals surface area contributed by atoms with Gasteiger partial charge in [-0.3, -0.25) is 0 Å². The molecular weight excluding hydrogens is 496 g/mol. The molecule has 3 rings (SSSR count). The van der Waals surface area contributed by atoms with Gasteiger partial charge in [-0.05, 0) is 0 Å². The molecule has 2 aromatic carbocycles. The van der Waals surface area contributed by atoms with Crippen LogP contribution in [-0.2, 0) is 8.70 Å². The van der Waals surface area contributed by atoms with E-state index in [4.69, 9.17) is 3.10 Å². The summed E-state index contributed by atoms with van der Waals surface area (Å²) in [7, 11) is -1.50. The Hall–Kier alpha value is -1.03. The Labute approximate surface area is 190 Å². The minimum absolute atomic E-state index is 0.335. The standard InChI is InChI=1S/C27H38OSiTe/c1-22(2)20-30(21-23(3)4)26(18-19-29(5,6)7)27(28-30,24-14-10-8-11-15-24)25-16-12-9-13-17-25/h8-17,22-23,26H,20-21H2,1-7H3. The van der Waals surface area contributed by atoms with Crippen LogP contribution in [0.5, 0.6) is 0 Å². The molecule has 30 heavy (non-hydrogen) atoms. The van der Waals surface area contributed by atoms with Gasteiger partial charge >= 0.3 is 191 Å². The first-order valence-electron chi connectivity index (χ1n) is 11.2. The molecule has 2 aromatic rings. The molecule has 3 heteroatoms. The third-order valence-corrected chi connectivity index (χ3v) is 18.7. The van der Waals surface area contributed by atoms with Gasteiger partial charge in [0.15, 0.2) is 0 Å². The molecule has 1 unspecified atom stereocenters. The Kier molecular flexibility index (Phi) is 7.26. The normalized spacial score (nSPS) is 20.9. The zero-order valence-electron chi connectivity index (χ0n) is 19.7. The number of benzene rings is 2. The van der Waals surface area contributed by atoms with E-state index in [1.165, 1.54) is 20.1 Å². The van der Waals surface area contributed by atoms with Gasteiger partial charge in [-0.2, -0.15) is 0 Å². The molecule has 162 valence electrons. The SMILES string of the molecule is CC(C)C[Te]1(CC(C)C)OC(c2ccccc2)(c2ccccc2)C1C#C[Si](C)(C)C. The molecule has 0 saturated carbocycles. The van der Waals surface area contributed by atoms with Crippen LogP contribution in [0, 0.1) is 23.3 Å². The maximum absolute atomic E-state index is 7.39. The molecule has 0 radical (unpaired) electrons. The molecule has 1 aliphatic rings. The summed E-state index contributed by atoms with van der Waals surface area (Å²) in [4.78, 5) is 0. The first-order chi connectivity index (χ1) is 14.1. The number of rotatable bonds is 6. The van der Waals surface area contributed by atoms with E-state index in [-0.39, 0.29) is 0 Å². The second kappa shape index (κ2) is 9.22. The fourth-order valence-corrected chi connectivity index (χ4v) is 19.3. The van der Waals surface area contributed by atoms with Crippen molar-refractivity contribution in [1.82, 2.24) is 0 Å². The van der Waals surface area contributed by atoms with Crippen molar-refractivity contribution >= 4 is 26.7 Å². The van der Waals surface area contributed by atoms with Crippen LogP contribution in [-0.4, -0.2) is 26.7 Å². The van der Waals surface area contributed by atoms with Crippen LogP contribution in [0.1, 0.15) is 38.8 Å². The molecular formula is C27H38OSiTe. The maximum atomic E-state index is 7.39. The Morgan fingerprint density at radius 1 is 0.833 bits per heavy atom. The molecule has 0 aliphatic carbocycles. The number of hydrogen-bond acceptors (Lipinski definition) is 1. The minimum atomic E-state index is -2.73.